The molecule has 2 rings (SSSR count). The van der Waals surface area contributed by atoms with E-state index in [0.717, 1.165) is 12.1 Å². The average molecular weight is 294 g/mol. The van der Waals surface area contributed by atoms with Crippen LogP contribution in [0, 0.1) is 11.9 Å². The maximum absolute atomic E-state index is 13.4. The Morgan fingerprint density at radius 2 is 1.90 bits per heavy atom. The average Bonchev–Trinajstić information content (AvgIpc) is 2.49. The number of nitrogens with one attached hydrogen (secondary N) is 1. The summed E-state index contributed by atoms with van der Waals surface area (Å²) in [6.45, 7) is 0. The second-order valence-corrected chi connectivity index (χ2v) is 3.97. The standard InChI is InChI=1S/C14H12F2N2O3/c1-20-10-5-3-4-8(12(10)21-2)14(19)17-9-6-7-11(15)18-13(9)16/h3-7H,1-2H3,(H,17,19). The van der Waals surface area contributed by atoms with Crippen molar-refractivity contribution in [2.24, 2.45) is 0 Å². The largest absolute Gasteiger partial charge is 0.493 e. The van der Waals surface area contributed by atoms with Crippen LogP contribution in [-0.2, 0) is 0 Å². The molecule has 0 atom stereocenters. The lowest BCUT2D eigenvalue weighted by molar-refractivity contribution is 0.102. The molecule has 0 aliphatic carbocycles. The van der Waals surface area contributed by atoms with Crippen molar-refractivity contribution in [2.75, 3.05) is 19.5 Å². The van der Waals surface area contributed by atoms with Crippen molar-refractivity contribution in [3.8, 4) is 11.5 Å². The van der Waals surface area contributed by atoms with Gasteiger partial charge in [-0.15, -0.1) is 0 Å². The molecule has 7 heteroatoms. The van der Waals surface area contributed by atoms with Crippen molar-refractivity contribution >= 4 is 11.6 Å². The van der Waals surface area contributed by atoms with Crippen LogP contribution in [0.3, 0.4) is 0 Å². The summed E-state index contributed by atoms with van der Waals surface area (Å²) < 4.78 is 36.4. The molecular formula is C14H12F2N2O3. The lowest BCUT2D eigenvalue weighted by Gasteiger charge is -2.12. The lowest BCUT2D eigenvalue weighted by atomic mass is 10.1. The van der Waals surface area contributed by atoms with Crippen LogP contribution in [0.5, 0.6) is 11.5 Å². The van der Waals surface area contributed by atoms with Gasteiger partial charge in [0.2, 0.25) is 11.9 Å². The number of ether oxygens (including phenoxy) is 2. The number of halogens is 2. The number of anilines is 1. The third kappa shape index (κ3) is 3.07. The van der Waals surface area contributed by atoms with Crippen LogP contribution in [0.25, 0.3) is 0 Å². The van der Waals surface area contributed by atoms with Gasteiger partial charge in [0.25, 0.3) is 5.91 Å². The van der Waals surface area contributed by atoms with Gasteiger partial charge in [0, 0.05) is 0 Å². The molecule has 5 nitrogen and oxygen atoms in total. The zero-order valence-electron chi connectivity index (χ0n) is 11.3. The molecule has 0 fully saturated rings. The summed E-state index contributed by atoms with van der Waals surface area (Å²) in [5, 5.41) is 2.30. The first kappa shape index (κ1) is 14.7. The predicted molar refractivity (Wildman–Crippen MR) is 71.7 cm³/mol. The molecule has 1 aromatic carbocycles. The third-order valence-corrected chi connectivity index (χ3v) is 2.71. The Balaban J connectivity index is 2.32. The smallest absolute Gasteiger partial charge is 0.259 e. The lowest BCUT2D eigenvalue weighted by Crippen LogP contribution is -2.15. The predicted octanol–water partition coefficient (Wildman–Crippen LogP) is 2.63. The number of para-hydroxylation sites is 1. The summed E-state index contributed by atoms with van der Waals surface area (Å²) in [6, 6.07) is 6.74. The number of amides is 1. The zero-order valence-corrected chi connectivity index (χ0v) is 11.3. The molecule has 0 aliphatic rings. The van der Waals surface area contributed by atoms with E-state index in [0.29, 0.717) is 5.75 Å². The van der Waals surface area contributed by atoms with Crippen LogP contribution in [0.4, 0.5) is 14.5 Å². The van der Waals surface area contributed by atoms with E-state index < -0.39 is 17.8 Å². The van der Waals surface area contributed by atoms with Crippen molar-refractivity contribution in [1.29, 1.82) is 0 Å². The van der Waals surface area contributed by atoms with Gasteiger partial charge in [-0.2, -0.15) is 13.8 Å². The van der Waals surface area contributed by atoms with Gasteiger partial charge in [-0.3, -0.25) is 4.79 Å². The second kappa shape index (κ2) is 6.17. The Morgan fingerprint density at radius 3 is 2.52 bits per heavy atom. The highest BCUT2D eigenvalue weighted by atomic mass is 19.1. The summed E-state index contributed by atoms with van der Waals surface area (Å²) >= 11 is 0. The fourth-order valence-corrected chi connectivity index (χ4v) is 1.76. The van der Waals surface area contributed by atoms with E-state index in [4.69, 9.17) is 9.47 Å². The minimum atomic E-state index is -1.11. The number of pyridine rings is 1. The number of nitrogens with zero attached hydrogens (tertiary/aromatic N) is 1. The van der Waals surface area contributed by atoms with Gasteiger partial charge in [0.15, 0.2) is 11.5 Å². The molecule has 0 aliphatic heterocycles. The molecule has 0 radical (unpaired) electrons. The van der Waals surface area contributed by atoms with Crippen LogP contribution in [0.15, 0.2) is 30.3 Å². The van der Waals surface area contributed by atoms with E-state index in [-0.39, 0.29) is 17.0 Å². The summed E-state index contributed by atoms with van der Waals surface area (Å²) in [7, 11) is 2.82. The van der Waals surface area contributed by atoms with E-state index in [1.165, 1.54) is 20.3 Å². The van der Waals surface area contributed by atoms with Crippen molar-refractivity contribution < 1.29 is 23.0 Å². The number of methoxy groups -OCH3 is 2. The fourth-order valence-electron chi connectivity index (χ4n) is 1.76. The van der Waals surface area contributed by atoms with Gasteiger partial charge >= 0.3 is 0 Å². The highest BCUT2D eigenvalue weighted by Crippen LogP contribution is 2.31. The Bertz CT molecular complexity index is 677. The van der Waals surface area contributed by atoms with Crippen LogP contribution in [-0.4, -0.2) is 25.1 Å². The van der Waals surface area contributed by atoms with Crippen LogP contribution >= 0.6 is 0 Å². The molecule has 0 bridgehead atoms. The minimum absolute atomic E-state index is 0.153. The molecule has 0 saturated carbocycles. The molecule has 0 saturated heterocycles. The van der Waals surface area contributed by atoms with Crippen molar-refractivity contribution in [3.05, 3.63) is 47.8 Å². The molecule has 0 unspecified atom stereocenters. The monoisotopic (exact) mass is 294 g/mol. The van der Waals surface area contributed by atoms with E-state index in [1.807, 2.05) is 0 Å². The molecule has 1 heterocycles. The molecule has 21 heavy (non-hydrogen) atoms. The Hall–Kier alpha value is -2.70. The highest BCUT2D eigenvalue weighted by Gasteiger charge is 2.18. The maximum Gasteiger partial charge on any atom is 0.259 e. The highest BCUT2D eigenvalue weighted by molar-refractivity contribution is 6.06. The number of carbonyl (C=O) groups excluding carboxylic acids is 1. The topological polar surface area (TPSA) is 60.5 Å². The Morgan fingerprint density at radius 1 is 1.14 bits per heavy atom. The van der Waals surface area contributed by atoms with Crippen molar-refractivity contribution in [1.82, 2.24) is 4.98 Å². The number of carbonyl (C=O) groups is 1. The quantitative estimate of drug-likeness (QED) is 0.881. The van der Waals surface area contributed by atoms with Crippen molar-refractivity contribution in [3.63, 3.8) is 0 Å². The molecular weight excluding hydrogens is 282 g/mol. The van der Waals surface area contributed by atoms with Crippen LogP contribution in [0.1, 0.15) is 10.4 Å². The van der Waals surface area contributed by atoms with E-state index in [9.17, 15) is 13.6 Å². The summed E-state index contributed by atoms with van der Waals surface area (Å²) in [5.74, 6) is -2.12. The number of aromatic nitrogens is 1. The van der Waals surface area contributed by atoms with Gasteiger partial charge in [-0.05, 0) is 24.3 Å². The Labute approximate surface area is 119 Å². The third-order valence-electron chi connectivity index (χ3n) is 2.71. The van der Waals surface area contributed by atoms with Crippen LogP contribution < -0.4 is 14.8 Å². The van der Waals surface area contributed by atoms with E-state index in [1.54, 1.807) is 12.1 Å². The maximum atomic E-state index is 13.4. The summed E-state index contributed by atoms with van der Waals surface area (Å²) in [5.41, 5.74) is -0.0770. The molecule has 0 spiro atoms. The SMILES string of the molecule is COc1cccc(C(=O)Nc2ccc(F)nc2F)c1OC. The number of hydrogen-bond donors (Lipinski definition) is 1. The van der Waals surface area contributed by atoms with Crippen LogP contribution in [0.2, 0.25) is 0 Å². The van der Waals surface area contributed by atoms with Crippen molar-refractivity contribution in [2.45, 2.75) is 0 Å². The zero-order chi connectivity index (χ0) is 15.4. The van der Waals surface area contributed by atoms with E-state index in [2.05, 4.69) is 10.3 Å². The van der Waals surface area contributed by atoms with Gasteiger partial charge in [-0.25, -0.2) is 0 Å². The molecule has 1 amide bonds. The molecule has 1 aromatic heterocycles. The molecule has 1 N–H and O–H groups in total. The number of benzene rings is 1. The molecule has 2 aromatic rings. The minimum Gasteiger partial charge on any atom is -0.493 e. The normalized spacial score (nSPS) is 10.1. The first-order valence-corrected chi connectivity index (χ1v) is 5.91. The number of rotatable bonds is 4. The van der Waals surface area contributed by atoms with Gasteiger partial charge in [0.05, 0.1) is 25.5 Å². The second-order valence-electron chi connectivity index (χ2n) is 3.97. The summed E-state index contributed by atoms with van der Waals surface area (Å²) in [4.78, 5) is 15.2. The van der Waals surface area contributed by atoms with Gasteiger partial charge < -0.3 is 14.8 Å². The molecule has 110 valence electrons. The fraction of sp³-hybridized carbons (Fsp3) is 0.143. The first-order chi connectivity index (χ1) is 10.1. The first-order valence-electron chi connectivity index (χ1n) is 5.91. The van der Waals surface area contributed by atoms with Gasteiger partial charge in [0.1, 0.15) is 0 Å². The summed E-state index contributed by atoms with van der Waals surface area (Å²) in [6.07, 6.45) is 0. The van der Waals surface area contributed by atoms with E-state index >= 15 is 0 Å². The number of hydrogen-bond acceptors (Lipinski definition) is 4. The Kier molecular flexibility index (Phi) is 4.32. The van der Waals surface area contributed by atoms with Gasteiger partial charge in [-0.1, -0.05) is 6.07 Å².